The summed E-state index contributed by atoms with van der Waals surface area (Å²) in [6.45, 7) is 1.59. The minimum absolute atomic E-state index is 0.109. The van der Waals surface area contributed by atoms with Gasteiger partial charge in [-0.25, -0.2) is 0 Å². The second-order valence-corrected chi connectivity index (χ2v) is 4.40. The quantitative estimate of drug-likeness (QED) is 0.574. The minimum Gasteiger partial charge on any atom is -0.350 e. The van der Waals surface area contributed by atoms with Crippen LogP contribution in [-0.2, 0) is 9.47 Å². The maximum Gasteiger partial charge on any atom is 0.161 e. The molecule has 0 unspecified atom stereocenters. The van der Waals surface area contributed by atoms with Gasteiger partial charge in [-0.3, -0.25) is 0 Å². The van der Waals surface area contributed by atoms with Crippen LogP contribution in [0.3, 0.4) is 0 Å². The largest absolute Gasteiger partial charge is 0.350 e. The topological polar surface area (TPSA) is 18.5 Å². The minimum atomic E-state index is 0.109. The molecule has 0 aromatic rings. The van der Waals surface area contributed by atoms with E-state index in [0.717, 1.165) is 25.0 Å². The number of hydrogen-bond acceptors (Lipinski definition) is 2. The Balaban J connectivity index is 1.75. The molecular formula is C11H16O2. The Labute approximate surface area is 78.9 Å². The van der Waals surface area contributed by atoms with Crippen molar-refractivity contribution in [3.8, 4) is 0 Å². The van der Waals surface area contributed by atoms with Crippen molar-refractivity contribution in [3.63, 3.8) is 0 Å². The lowest BCUT2D eigenvalue weighted by atomic mass is 9.69. The van der Waals surface area contributed by atoms with Gasteiger partial charge in [0.25, 0.3) is 0 Å². The SMILES string of the molecule is C1=C[C@@H]2CC[C@H]1C[C@@H]2C1OCCO1. The van der Waals surface area contributed by atoms with Crippen LogP contribution in [0, 0.1) is 17.8 Å². The van der Waals surface area contributed by atoms with Gasteiger partial charge in [-0.15, -0.1) is 0 Å². The van der Waals surface area contributed by atoms with Gasteiger partial charge in [0.05, 0.1) is 13.2 Å². The van der Waals surface area contributed by atoms with Crippen LogP contribution < -0.4 is 0 Å². The summed E-state index contributed by atoms with van der Waals surface area (Å²) in [6, 6.07) is 0. The molecule has 1 saturated heterocycles. The molecule has 3 aliphatic carbocycles. The molecule has 72 valence electrons. The third kappa shape index (κ3) is 1.32. The lowest BCUT2D eigenvalue weighted by molar-refractivity contribution is -0.109. The zero-order chi connectivity index (χ0) is 8.67. The first-order valence-corrected chi connectivity index (χ1v) is 5.35. The Hall–Kier alpha value is -0.340. The summed E-state index contributed by atoms with van der Waals surface area (Å²) >= 11 is 0. The highest BCUT2D eigenvalue weighted by Crippen LogP contribution is 2.43. The molecule has 1 aliphatic heterocycles. The van der Waals surface area contributed by atoms with Crippen LogP contribution >= 0.6 is 0 Å². The highest BCUT2D eigenvalue weighted by molar-refractivity contribution is 5.06. The standard InChI is InChI=1S/C11H16O2/c1-3-9-4-2-8(1)7-10(9)11-12-5-6-13-11/h1,3,8-11H,2,4-7H2/t8-,9+,10-/m0/s1. The molecule has 13 heavy (non-hydrogen) atoms. The van der Waals surface area contributed by atoms with E-state index < -0.39 is 0 Å². The predicted molar refractivity (Wildman–Crippen MR) is 49.2 cm³/mol. The average Bonchev–Trinajstić information content (AvgIpc) is 2.72. The van der Waals surface area contributed by atoms with Crippen molar-refractivity contribution in [1.29, 1.82) is 0 Å². The van der Waals surface area contributed by atoms with Crippen LogP contribution in [0.25, 0.3) is 0 Å². The summed E-state index contributed by atoms with van der Waals surface area (Å²) in [6.07, 6.45) is 8.89. The van der Waals surface area contributed by atoms with Gasteiger partial charge in [0.2, 0.25) is 0 Å². The van der Waals surface area contributed by atoms with Crippen molar-refractivity contribution in [2.75, 3.05) is 13.2 Å². The molecule has 0 aromatic heterocycles. The smallest absolute Gasteiger partial charge is 0.161 e. The van der Waals surface area contributed by atoms with Gasteiger partial charge in [0, 0.05) is 5.92 Å². The second kappa shape index (κ2) is 3.10. The molecule has 1 heterocycles. The number of fused-ring (bicyclic) bond motifs is 2. The first-order valence-electron chi connectivity index (χ1n) is 5.35. The fraction of sp³-hybridized carbons (Fsp3) is 0.818. The zero-order valence-electron chi connectivity index (χ0n) is 7.82. The Morgan fingerprint density at radius 2 is 1.85 bits per heavy atom. The summed E-state index contributed by atoms with van der Waals surface area (Å²) in [5.41, 5.74) is 0. The number of ether oxygens (including phenoxy) is 2. The molecule has 0 amide bonds. The maximum atomic E-state index is 5.59. The van der Waals surface area contributed by atoms with Gasteiger partial charge in [-0.2, -0.15) is 0 Å². The number of rotatable bonds is 1. The van der Waals surface area contributed by atoms with Crippen molar-refractivity contribution in [2.45, 2.75) is 25.6 Å². The third-order valence-electron chi connectivity index (χ3n) is 3.62. The Bertz CT molecular complexity index is 218. The molecule has 4 rings (SSSR count). The number of allylic oxidation sites excluding steroid dienone is 2. The second-order valence-electron chi connectivity index (χ2n) is 4.40. The number of hydrogen-bond donors (Lipinski definition) is 0. The van der Waals surface area contributed by atoms with Crippen LogP contribution in [0.5, 0.6) is 0 Å². The summed E-state index contributed by atoms with van der Waals surface area (Å²) in [7, 11) is 0. The van der Waals surface area contributed by atoms with Crippen molar-refractivity contribution in [1.82, 2.24) is 0 Å². The van der Waals surface area contributed by atoms with Crippen LogP contribution in [-0.4, -0.2) is 19.5 Å². The highest BCUT2D eigenvalue weighted by Gasteiger charge is 2.39. The van der Waals surface area contributed by atoms with E-state index in [0.29, 0.717) is 5.92 Å². The van der Waals surface area contributed by atoms with Crippen molar-refractivity contribution in [3.05, 3.63) is 12.2 Å². The van der Waals surface area contributed by atoms with E-state index in [1.54, 1.807) is 0 Å². The fourth-order valence-electron chi connectivity index (χ4n) is 2.91. The van der Waals surface area contributed by atoms with Gasteiger partial charge in [-0.1, -0.05) is 12.2 Å². The molecule has 1 saturated carbocycles. The van der Waals surface area contributed by atoms with Gasteiger partial charge in [-0.05, 0) is 31.1 Å². The fourth-order valence-corrected chi connectivity index (χ4v) is 2.91. The molecule has 3 atom stereocenters. The van der Waals surface area contributed by atoms with E-state index in [4.69, 9.17) is 9.47 Å². The summed E-state index contributed by atoms with van der Waals surface area (Å²) in [4.78, 5) is 0. The van der Waals surface area contributed by atoms with E-state index in [1.165, 1.54) is 19.3 Å². The molecule has 0 radical (unpaired) electrons. The normalized spacial score (nSPS) is 44.5. The molecular weight excluding hydrogens is 164 g/mol. The molecule has 2 heteroatoms. The van der Waals surface area contributed by atoms with E-state index in [9.17, 15) is 0 Å². The third-order valence-corrected chi connectivity index (χ3v) is 3.62. The lowest BCUT2D eigenvalue weighted by Gasteiger charge is -2.39. The first kappa shape index (κ1) is 8.01. The summed E-state index contributed by atoms with van der Waals surface area (Å²) in [5.74, 6) is 2.18. The molecule has 0 aromatic carbocycles. The van der Waals surface area contributed by atoms with Crippen molar-refractivity contribution in [2.24, 2.45) is 17.8 Å². The summed E-state index contributed by atoms with van der Waals surface area (Å²) < 4.78 is 11.2. The van der Waals surface area contributed by atoms with Crippen LogP contribution in [0.2, 0.25) is 0 Å². The van der Waals surface area contributed by atoms with Crippen LogP contribution in [0.15, 0.2) is 12.2 Å². The van der Waals surface area contributed by atoms with Crippen LogP contribution in [0.1, 0.15) is 19.3 Å². The Morgan fingerprint density at radius 1 is 1.00 bits per heavy atom. The van der Waals surface area contributed by atoms with E-state index in [2.05, 4.69) is 12.2 Å². The molecule has 0 N–H and O–H groups in total. The average molecular weight is 180 g/mol. The molecule has 0 spiro atoms. The first-order chi connectivity index (χ1) is 6.43. The maximum absolute atomic E-state index is 5.59. The molecule has 2 nitrogen and oxygen atoms in total. The van der Waals surface area contributed by atoms with Gasteiger partial charge < -0.3 is 9.47 Å². The Kier molecular flexibility index (Phi) is 1.91. The monoisotopic (exact) mass is 180 g/mol. The van der Waals surface area contributed by atoms with E-state index >= 15 is 0 Å². The van der Waals surface area contributed by atoms with E-state index in [1.807, 2.05) is 0 Å². The molecule has 2 bridgehead atoms. The highest BCUT2D eigenvalue weighted by atomic mass is 16.7. The van der Waals surface area contributed by atoms with E-state index in [-0.39, 0.29) is 6.29 Å². The van der Waals surface area contributed by atoms with Crippen LogP contribution in [0.4, 0.5) is 0 Å². The zero-order valence-corrected chi connectivity index (χ0v) is 7.82. The van der Waals surface area contributed by atoms with Crippen molar-refractivity contribution >= 4 is 0 Å². The van der Waals surface area contributed by atoms with Gasteiger partial charge >= 0.3 is 0 Å². The van der Waals surface area contributed by atoms with Gasteiger partial charge in [0.15, 0.2) is 6.29 Å². The Morgan fingerprint density at radius 3 is 2.38 bits per heavy atom. The molecule has 2 fully saturated rings. The lowest BCUT2D eigenvalue weighted by Crippen LogP contribution is -2.36. The van der Waals surface area contributed by atoms with Gasteiger partial charge in [0.1, 0.15) is 0 Å². The predicted octanol–water partition coefficient (Wildman–Crippen LogP) is 1.96. The molecule has 4 aliphatic rings. The van der Waals surface area contributed by atoms with Crippen molar-refractivity contribution < 1.29 is 9.47 Å². The summed E-state index contributed by atoms with van der Waals surface area (Å²) in [5, 5.41) is 0.